The molecule has 2 aromatic heterocycles. The van der Waals surface area contributed by atoms with E-state index in [0.29, 0.717) is 6.54 Å². The first-order valence-corrected chi connectivity index (χ1v) is 6.25. The number of pyridine rings is 1. The lowest BCUT2D eigenvalue weighted by Gasteiger charge is -2.09. The Morgan fingerprint density at radius 2 is 2.10 bits per heavy atom. The zero-order valence-corrected chi connectivity index (χ0v) is 10.9. The smallest absolute Gasteiger partial charge is 0.354 e. The Morgan fingerprint density at radius 1 is 1.30 bits per heavy atom. The molecule has 100 valence electrons. The zero-order chi connectivity index (χ0) is 14.1. The lowest BCUT2D eigenvalue weighted by atomic mass is 10.1. The third kappa shape index (κ3) is 2.14. The van der Waals surface area contributed by atoms with Crippen LogP contribution < -0.4 is 0 Å². The van der Waals surface area contributed by atoms with Crippen molar-refractivity contribution in [3.8, 4) is 0 Å². The number of carboxylic acids is 1. The lowest BCUT2D eigenvalue weighted by Crippen LogP contribution is -2.11. The van der Waals surface area contributed by atoms with Crippen LogP contribution in [0, 0.1) is 6.92 Å². The number of benzene rings is 1. The van der Waals surface area contributed by atoms with Crippen molar-refractivity contribution in [2.45, 2.75) is 13.5 Å². The molecule has 0 aliphatic rings. The number of rotatable bonds is 3. The minimum Gasteiger partial charge on any atom is -0.477 e. The van der Waals surface area contributed by atoms with E-state index in [1.165, 1.54) is 16.9 Å². The van der Waals surface area contributed by atoms with E-state index in [4.69, 9.17) is 5.11 Å². The van der Waals surface area contributed by atoms with Crippen molar-refractivity contribution in [1.29, 1.82) is 0 Å². The van der Waals surface area contributed by atoms with E-state index in [0.717, 1.165) is 22.2 Å². The second-order valence-corrected chi connectivity index (χ2v) is 4.62. The van der Waals surface area contributed by atoms with Crippen LogP contribution in [0.2, 0.25) is 0 Å². The molecule has 0 aliphatic heterocycles. The number of aryl methyl sites for hydroxylation is 1. The Bertz CT molecular complexity index is 793. The van der Waals surface area contributed by atoms with Crippen LogP contribution in [0.15, 0.2) is 42.6 Å². The van der Waals surface area contributed by atoms with Gasteiger partial charge in [-0.05, 0) is 30.7 Å². The largest absolute Gasteiger partial charge is 0.477 e. The van der Waals surface area contributed by atoms with Gasteiger partial charge in [0.05, 0.1) is 12.1 Å². The monoisotopic (exact) mass is 267 g/mol. The zero-order valence-electron chi connectivity index (χ0n) is 10.9. The van der Waals surface area contributed by atoms with Crippen LogP contribution in [0.25, 0.3) is 10.9 Å². The van der Waals surface area contributed by atoms with Gasteiger partial charge >= 0.3 is 5.97 Å². The molecule has 0 aliphatic carbocycles. The molecule has 2 heterocycles. The molecule has 0 atom stereocenters. The molecule has 1 N–H and O–H groups in total. The fourth-order valence-corrected chi connectivity index (χ4v) is 2.33. The van der Waals surface area contributed by atoms with Crippen molar-refractivity contribution >= 4 is 16.9 Å². The maximum absolute atomic E-state index is 11.1. The molecule has 0 saturated heterocycles. The first-order valence-electron chi connectivity index (χ1n) is 6.25. The van der Waals surface area contributed by atoms with Crippen molar-refractivity contribution in [3.05, 3.63) is 59.5 Å². The number of aromatic nitrogens is 3. The predicted octanol–water partition coefficient (Wildman–Crippen LogP) is 2.49. The molecule has 3 rings (SSSR count). The van der Waals surface area contributed by atoms with Gasteiger partial charge in [0.1, 0.15) is 5.69 Å². The summed E-state index contributed by atoms with van der Waals surface area (Å²) in [5.74, 6) is -0.974. The topological polar surface area (TPSA) is 68.0 Å². The number of fused-ring (bicyclic) bond motifs is 1. The Balaban J connectivity index is 2.10. The summed E-state index contributed by atoms with van der Waals surface area (Å²) < 4.78 is 1.49. The Labute approximate surface area is 115 Å². The summed E-state index contributed by atoms with van der Waals surface area (Å²) in [6.07, 6.45) is 1.50. The number of carbonyl (C=O) groups is 1. The molecule has 0 fully saturated rings. The van der Waals surface area contributed by atoms with Crippen molar-refractivity contribution in [1.82, 2.24) is 14.8 Å². The summed E-state index contributed by atoms with van der Waals surface area (Å²) >= 11 is 0. The summed E-state index contributed by atoms with van der Waals surface area (Å²) in [5.41, 5.74) is 3.01. The Kier molecular flexibility index (Phi) is 2.95. The van der Waals surface area contributed by atoms with Crippen molar-refractivity contribution in [3.63, 3.8) is 0 Å². The van der Waals surface area contributed by atoms with E-state index in [1.54, 1.807) is 0 Å². The van der Waals surface area contributed by atoms with Crippen molar-refractivity contribution in [2.75, 3.05) is 0 Å². The molecule has 0 radical (unpaired) electrons. The van der Waals surface area contributed by atoms with Gasteiger partial charge in [0.2, 0.25) is 0 Å². The minimum atomic E-state index is -0.974. The Hall–Kier alpha value is -2.69. The van der Waals surface area contributed by atoms with Crippen LogP contribution in [-0.2, 0) is 6.54 Å². The third-order valence-corrected chi connectivity index (χ3v) is 3.19. The number of carboxylic acid groups (broad SMARTS) is 1. The van der Waals surface area contributed by atoms with Gasteiger partial charge in [-0.2, -0.15) is 5.10 Å². The number of nitrogens with zero attached hydrogens (tertiary/aromatic N) is 3. The predicted molar refractivity (Wildman–Crippen MR) is 74.8 cm³/mol. The van der Waals surface area contributed by atoms with Crippen LogP contribution in [0.4, 0.5) is 0 Å². The van der Waals surface area contributed by atoms with Crippen LogP contribution in [0.3, 0.4) is 0 Å². The van der Waals surface area contributed by atoms with E-state index in [-0.39, 0.29) is 5.69 Å². The first kappa shape index (κ1) is 12.3. The van der Waals surface area contributed by atoms with Crippen LogP contribution in [0.1, 0.15) is 21.7 Å². The highest BCUT2D eigenvalue weighted by atomic mass is 16.4. The Morgan fingerprint density at radius 3 is 2.90 bits per heavy atom. The number of hydrogen-bond acceptors (Lipinski definition) is 3. The first-order chi connectivity index (χ1) is 9.65. The summed E-state index contributed by atoms with van der Waals surface area (Å²) in [7, 11) is 0. The molecular formula is C15H13N3O2. The van der Waals surface area contributed by atoms with E-state index < -0.39 is 5.97 Å². The molecule has 0 unspecified atom stereocenters. The van der Waals surface area contributed by atoms with Gasteiger partial charge < -0.3 is 5.11 Å². The number of hydrogen-bond donors (Lipinski definition) is 1. The highest BCUT2D eigenvalue weighted by Gasteiger charge is 2.12. The van der Waals surface area contributed by atoms with Gasteiger partial charge in [0.25, 0.3) is 0 Å². The highest BCUT2D eigenvalue weighted by molar-refractivity contribution is 5.86. The fraction of sp³-hybridized carbons (Fsp3) is 0.133. The molecule has 1 aromatic carbocycles. The van der Waals surface area contributed by atoms with Gasteiger partial charge in [-0.3, -0.25) is 9.67 Å². The second-order valence-electron chi connectivity index (χ2n) is 4.62. The highest BCUT2D eigenvalue weighted by Crippen LogP contribution is 2.19. The van der Waals surface area contributed by atoms with Crippen molar-refractivity contribution in [2.24, 2.45) is 0 Å². The summed E-state index contributed by atoms with van der Waals surface area (Å²) in [4.78, 5) is 15.6. The van der Waals surface area contributed by atoms with Crippen LogP contribution in [0.5, 0.6) is 0 Å². The van der Waals surface area contributed by atoms with Gasteiger partial charge in [0, 0.05) is 17.3 Å². The molecule has 0 saturated carbocycles. The van der Waals surface area contributed by atoms with Gasteiger partial charge in [-0.1, -0.05) is 18.2 Å². The molecule has 5 heteroatoms. The van der Waals surface area contributed by atoms with Crippen LogP contribution >= 0.6 is 0 Å². The molecule has 0 bridgehead atoms. The lowest BCUT2D eigenvalue weighted by molar-refractivity contribution is 0.0684. The standard InChI is InChI=1S/C15H13N3O2/c1-10-8-11(12-4-2-3-5-13(12)17-10)9-18-14(15(19)20)6-7-16-18/h2-8H,9H2,1H3,(H,19,20). The van der Waals surface area contributed by atoms with Crippen molar-refractivity contribution < 1.29 is 9.90 Å². The third-order valence-electron chi connectivity index (χ3n) is 3.19. The van der Waals surface area contributed by atoms with E-state index >= 15 is 0 Å². The molecular weight excluding hydrogens is 254 g/mol. The van der Waals surface area contributed by atoms with E-state index in [1.807, 2.05) is 37.3 Å². The van der Waals surface area contributed by atoms with E-state index in [2.05, 4.69) is 10.1 Å². The fourth-order valence-electron chi connectivity index (χ4n) is 2.33. The van der Waals surface area contributed by atoms with Gasteiger partial charge in [0.15, 0.2) is 0 Å². The second kappa shape index (κ2) is 4.77. The number of para-hydroxylation sites is 1. The van der Waals surface area contributed by atoms with E-state index in [9.17, 15) is 4.79 Å². The quantitative estimate of drug-likeness (QED) is 0.791. The van der Waals surface area contributed by atoms with Gasteiger partial charge in [-0.15, -0.1) is 0 Å². The molecule has 3 aromatic rings. The maximum Gasteiger partial charge on any atom is 0.354 e. The van der Waals surface area contributed by atoms with Gasteiger partial charge in [-0.25, -0.2) is 4.79 Å². The summed E-state index contributed by atoms with van der Waals surface area (Å²) in [6, 6.07) is 11.3. The average molecular weight is 267 g/mol. The SMILES string of the molecule is Cc1cc(Cn2nccc2C(=O)O)c2ccccc2n1. The molecule has 5 nitrogen and oxygen atoms in total. The molecule has 0 amide bonds. The normalized spacial score (nSPS) is 10.8. The molecule has 0 spiro atoms. The summed E-state index contributed by atoms with van der Waals surface area (Å²) in [5, 5.41) is 14.2. The number of aromatic carboxylic acids is 1. The van der Waals surface area contributed by atoms with Crippen LogP contribution in [-0.4, -0.2) is 25.8 Å². The molecule has 20 heavy (non-hydrogen) atoms. The average Bonchev–Trinajstić information content (AvgIpc) is 2.87. The maximum atomic E-state index is 11.1. The summed E-state index contributed by atoms with van der Waals surface area (Å²) in [6.45, 7) is 2.34. The minimum absolute atomic E-state index is 0.184.